The third-order valence-electron chi connectivity index (χ3n) is 7.13. The zero-order chi connectivity index (χ0) is 21.6. The summed E-state index contributed by atoms with van der Waals surface area (Å²) in [7, 11) is 0. The lowest BCUT2D eigenvalue weighted by molar-refractivity contribution is -0.129. The second-order valence-electron chi connectivity index (χ2n) is 9.16. The van der Waals surface area contributed by atoms with Crippen molar-refractivity contribution in [2.24, 2.45) is 11.8 Å². The van der Waals surface area contributed by atoms with Crippen molar-refractivity contribution in [3.63, 3.8) is 0 Å². The molecule has 1 aromatic carbocycles. The summed E-state index contributed by atoms with van der Waals surface area (Å²) in [5.74, 6) is 0.697. The summed E-state index contributed by atoms with van der Waals surface area (Å²) in [4.78, 5) is 26.8. The summed E-state index contributed by atoms with van der Waals surface area (Å²) in [6.45, 7) is 9.38. The van der Waals surface area contributed by atoms with Gasteiger partial charge in [0.1, 0.15) is 5.58 Å². The van der Waals surface area contributed by atoms with Gasteiger partial charge < -0.3 is 19.7 Å². The normalized spacial score (nSPS) is 26.1. The van der Waals surface area contributed by atoms with Crippen LogP contribution >= 0.6 is 0 Å². The Labute approximate surface area is 177 Å². The number of likely N-dealkylation sites (tertiary alicyclic amines) is 1. The zero-order valence-corrected chi connectivity index (χ0v) is 18.3. The van der Waals surface area contributed by atoms with Crippen LogP contribution in [-0.4, -0.2) is 47.1 Å². The van der Waals surface area contributed by atoms with E-state index in [1.54, 1.807) is 6.26 Å². The van der Waals surface area contributed by atoms with E-state index in [9.17, 15) is 14.7 Å². The number of carbonyl (C=O) groups excluding carboxylic acids is 2. The molecule has 2 aliphatic rings. The lowest BCUT2D eigenvalue weighted by Gasteiger charge is -2.35. The van der Waals surface area contributed by atoms with Crippen molar-refractivity contribution in [2.75, 3.05) is 13.1 Å². The Morgan fingerprint density at radius 3 is 2.57 bits per heavy atom. The molecule has 1 saturated carbocycles. The van der Waals surface area contributed by atoms with E-state index in [4.69, 9.17) is 4.42 Å². The quantitative estimate of drug-likeness (QED) is 0.809. The van der Waals surface area contributed by atoms with E-state index in [-0.39, 0.29) is 17.9 Å². The summed E-state index contributed by atoms with van der Waals surface area (Å²) in [6.07, 6.45) is 3.30. The Morgan fingerprint density at radius 1 is 1.17 bits per heavy atom. The minimum absolute atomic E-state index is 0.0313. The molecule has 0 unspecified atom stereocenters. The van der Waals surface area contributed by atoms with Crippen LogP contribution in [0.15, 0.2) is 16.7 Å². The van der Waals surface area contributed by atoms with Crippen molar-refractivity contribution in [1.82, 2.24) is 10.2 Å². The van der Waals surface area contributed by atoms with Crippen LogP contribution < -0.4 is 5.32 Å². The predicted octanol–water partition coefficient (Wildman–Crippen LogP) is 3.02. The van der Waals surface area contributed by atoms with Crippen molar-refractivity contribution >= 4 is 22.8 Å². The van der Waals surface area contributed by atoms with Gasteiger partial charge in [0.25, 0.3) is 0 Å². The number of hydrogen-bond acceptors (Lipinski definition) is 4. The number of rotatable bonds is 4. The standard InChI is InChI=1S/C24H32N2O4/c1-5-21(28)25-19-7-16-10-26(11-17(16)8-20(19)27)22(29)9-18-12-30-24-15(4)13(2)6-14(3)23(18)24/h6,12,16-17,19-20,27H,5,7-11H2,1-4H3,(H,25,28)/t16-,17+,19-,20-/m0/s1. The zero-order valence-electron chi connectivity index (χ0n) is 18.3. The molecule has 6 heteroatoms. The van der Waals surface area contributed by atoms with Crippen molar-refractivity contribution in [1.29, 1.82) is 0 Å². The summed E-state index contributed by atoms with van der Waals surface area (Å²) in [5, 5.41) is 14.5. The van der Waals surface area contributed by atoms with Crippen LogP contribution in [0.5, 0.6) is 0 Å². The second kappa shape index (κ2) is 8.06. The van der Waals surface area contributed by atoms with Gasteiger partial charge >= 0.3 is 0 Å². The molecule has 0 radical (unpaired) electrons. The van der Waals surface area contributed by atoms with E-state index in [0.29, 0.717) is 44.2 Å². The molecule has 1 aliphatic carbocycles. The van der Waals surface area contributed by atoms with Crippen molar-refractivity contribution in [3.05, 3.63) is 34.6 Å². The number of hydrogen-bond donors (Lipinski definition) is 2. The molecule has 1 saturated heterocycles. The predicted molar refractivity (Wildman–Crippen MR) is 115 cm³/mol. The molecule has 162 valence electrons. The minimum Gasteiger partial charge on any atom is -0.464 e. The van der Waals surface area contributed by atoms with Gasteiger partial charge in [0.05, 0.1) is 24.8 Å². The van der Waals surface area contributed by atoms with Crippen molar-refractivity contribution in [3.8, 4) is 0 Å². The largest absolute Gasteiger partial charge is 0.464 e. The van der Waals surface area contributed by atoms with Crippen LogP contribution in [0.4, 0.5) is 0 Å². The maximum absolute atomic E-state index is 13.1. The Morgan fingerprint density at radius 2 is 1.87 bits per heavy atom. The van der Waals surface area contributed by atoms with Gasteiger partial charge in [0.2, 0.25) is 11.8 Å². The molecule has 2 fully saturated rings. The summed E-state index contributed by atoms with van der Waals surface area (Å²) < 4.78 is 5.83. The molecular weight excluding hydrogens is 380 g/mol. The van der Waals surface area contributed by atoms with Gasteiger partial charge in [-0.25, -0.2) is 0 Å². The molecule has 0 spiro atoms. The highest BCUT2D eigenvalue weighted by Crippen LogP contribution is 2.37. The number of carbonyl (C=O) groups is 2. The Balaban J connectivity index is 1.46. The van der Waals surface area contributed by atoms with Gasteiger partial charge in [-0.05, 0) is 62.1 Å². The van der Waals surface area contributed by atoms with Gasteiger partial charge in [-0.3, -0.25) is 9.59 Å². The fraction of sp³-hybridized carbons (Fsp3) is 0.583. The molecular formula is C24H32N2O4. The smallest absolute Gasteiger partial charge is 0.227 e. The van der Waals surface area contributed by atoms with E-state index in [1.807, 2.05) is 11.8 Å². The van der Waals surface area contributed by atoms with Gasteiger partial charge in [0, 0.05) is 30.5 Å². The number of amides is 2. The Bertz CT molecular complexity index is 979. The van der Waals surface area contributed by atoms with E-state index in [2.05, 4.69) is 32.2 Å². The highest BCUT2D eigenvalue weighted by Gasteiger charge is 2.43. The number of furan rings is 1. The number of aryl methyl sites for hydroxylation is 3. The molecule has 6 nitrogen and oxygen atoms in total. The fourth-order valence-corrected chi connectivity index (χ4v) is 5.29. The Hall–Kier alpha value is -2.34. The van der Waals surface area contributed by atoms with E-state index < -0.39 is 6.10 Å². The lowest BCUT2D eigenvalue weighted by atomic mass is 9.77. The van der Waals surface area contributed by atoms with E-state index >= 15 is 0 Å². The number of nitrogens with zero attached hydrogens (tertiary/aromatic N) is 1. The lowest BCUT2D eigenvalue weighted by Crippen LogP contribution is -2.49. The summed E-state index contributed by atoms with van der Waals surface area (Å²) in [5.41, 5.74) is 5.27. The van der Waals surface area contributed by atoms with Gasteiger partial charge in [-0.1, -0.05) is 13.0 Å². The molecule has 2 amide bonds. The van der Waals surface area contributed by atoms with Gasteiger partial charge in [-0.2, -0.15) is 0 Å². The SMILES string of the molecule is CCC(=O)N[C@H]1C[C@H]2CN(C(=O)Cc3coc4c(C)c(C)cc(C)c34)C[C@H]2C[C@@H]1O. The second-order valence-corrected chi connectivity index (χ2v) is 9.16. The number of nitrogens with one attached hydrogen (secondary N) is 1. The van der Waals surface area contributed by atoms with Crippen LogP contribution in [-0.2, 0) is 16.0 Å². The molecule has 30 heavy (non-hydrogen) atoms. The minimum atomic E-state index is -0.538. The molecule has 2 heterocycles. The van der Waals surface area contributed by atoms with Crippen LogP contribution in [0.25, 0.3) is 11.0 Å². The first-order valence-corrected chi connectivity index (χ1v) is 11.0. The van der Waals surface area contributed by atoms with E-state index in [1.165, 1.54) is 5.56 Å². The first-order valence-electron chi connectivity index (χ1n) is 11.0. The average Bonchev–Trinajstić information content (AvgIpc) is 3.30. The molecule has 4 rings (SSSR count). The van der Waals surface area contributed by atoms with Crippen LogP contribution in [0, 0.1) is 32.6 Å². The number of benzene rings is 1. The average molecular weight is 413 g/mol. The molecule has 0 bridgehead atoms. The van der Waals surface area contributed by atoms with Crippen molar-refractivity contribution < 1.29 is 19.1 Å². The highest BCUT2D eigenvalue weighted by molar-refractivity contribution is 5.92. The molecule has 1 aromatic heterocycles. The maximum Gasteiger partial charge on any atom is 0.227 e. The number of aliphatic hydroxyl groups excluding tert-OH is 1. The summed E-state index contributed by atoms with van der Waals surface area (Å²) >= 11 is 0. The molecule has 1 aliphatic heterocycles. The molecule has 2 aromatic rings. The van der Waals surface area contributed by atoms with Gasteiger partial charge in [0.15, 0.2) is 0 Å². The fourth-order valence-electron chi connectivity index (χ4n) is 5.29. The highest BCUT2D eigenvalue weighted by atomic mass is 16.3. The monoisotopic (exact) mass is 412 g/mol. The third kappa shape index (κ3) is 3.73. The number of fused-ring (bicyclic) bond motifs is 2. The first-order chi connectivity index (χ1) is 14.3. The Kier molecular flexibility index (Phi) is 5.62. The third-order valence-corrected chi connectivity index (χ3v) is 7.13. The van der Waals surface area contributed by atoms with Crippen molar-refractivity contribution in [2.45, 2.75) is 65.5 Å². The van der Waals surface area contributed by atoms with Gasteiger partial charge in [-0.15, -0.1) is 0 Å². The summed E-state index contributed by atoms with van der Waals surface area (Å²) in [6, 6.07) is 1.94. The van der Waals surface area contributed by atoms with Crippen LogP contribution in [0.1, 0.15) is 48.4 Å². The van der Waals surface area contributed by atoms with E-state index in [0.717, 1.165) is 34.1 Å². The first kappa shape index (κ1) is 20.9. The molecule has 4 atom stereocenters. The topological polar surface area (TPSA) is 82.8 Å². The van der Waals surface area contributed by atoms with Crippen LogP contribution in [0.3, 0.4) is 0 Å². The molecule has 2 N–H and O–H groups in total. The number of aliphatic hydroxyl groups is 1. The maximum atomic E-state index is 13.1. The van der Waals surface area contributed by atoms with Crippen LogP contribution in [0.2, 0.25) is 0 Å².